The maximum Gasteiger partial charge on any atom is 0.260 e. The molecule has 0 radical (unpaired) electrons. The zero-order valence-corrected chi connectivity index (χ0v) is 15.6. The van der Waals surface area contributed by atoms with E-state index in [-0.39, 0.29) is 24.5 Å². The fourth-order valence-corrected chi connectivity index (χ4v) is 3.10. The number of likely N-dealkylation sites (tertiary alicyclic amines) is 1. The van der Waals surface area contributed by atoms with Crippen LogP contribution in [0, 0.1) is 0 Å². The quantitative estimate of drug-likeness (QED) is 0.851. The van der Waals surface area contributed by atoms with Crippen LogP contribution in [0.3, 0.4) is 0 Å². The van der Waals surface area contributed by atoms with Crippen molar-refractivity contribution in [2.75, 3.05) is 19.7 Å². The Morgan fingerprint density at radius 2 is 1.78 bits per heavy atom. The minimum Gasteiger partial charge on any atom is -0.484 e. The summed E-state index contributed by atoms with van der Waals surface area (Å²) >= 11 is 0. The van der Waals surface area contributed by atoms with E-state index in [0.29, 0.717) is 24.4 Å². The van der Waals surface area contributed by atoms with Crippen LogP contribution in [0.15, 0.2) is 48.8 Å². The molecule has 1 aromatic heterocycles. The molecular formula is C21H25N3O3. The summed E-state index contributed by atoms with van der Waals surface area (Å²) in [7, 11) is 0. The van der Waals surface area contributed by atoms with Gasteiger partial charge in [-0.05, 0) is 49.1 Å². The first-order chi connectivity index (χ1) is 13.2. The van der Waals surface area contributed by atoms with Gasteiger partial charge in [-0.2, -0.15) is 0 Å². The molecule has 0 atom stereocenters. The molecule has 142 valence electrons. The van der Waals surface area contributed by atoms with Crippen LogP contribution in [-0.4, -0.2) is 47.4 Å². The number of rotatable bonds is 6. The van der Waals surface area contributed by atoms with Gasteiger partial charge < -0.3 is 15.0 Å². The molecule has 1 saturated heterocycles. The summed E-state index contributed by atoms with van der Waals surface area (Å²) < 4.78 is 5.60. The summed E-state index contributed by atoms with van der Waals surface area (Å²) in [5.41, 5.74) is 1.84. The van der Waals surface area contributed by atoms with E-state index in [1.165, 1.54) is 5.56 Å². The molecule has 3 rings (SSSR count). The SMILES string of the molecule is CCc1ccc(OCC(=O)N2CCC(NC(=O)c3ccncc3)CC2)cc1. The van der Waals surface area contributed by atoms with Crippen LogP contribution >= 0.6 is 0 Å². The molecule has 2 amide bonds. The third-order valence-electron chi connectivity index (χ3n) is 4.82. The van der Waals surface area contributed by atoms with Gasteiger partial charge in [0.2, 0.25) is 0 Å². The van der Waals surface area contributed by atoms with Gasteiger partial charge in [0.25, 0.3) is 11.8 Å². The average molecular weight is 367 g/mol. The van der Waals surface area contributed by atoms with Gasteiger partial charge in [-0.1, -0.05) is 19.1 Å². The maximum atomic E-state index is 12.4. The third-order valence-corrected chi connectivity index (χ3v) is 4.82. The number of piperidine rings is 1. The highest BCUT2D eigenvalue weighted by Gasteiger charge is 2.24. The van der Waals surface area contributed by atoms with Gasteiger partial charge in [-0.25, -0.2) is 0 Å². The average Bonchev–Trinajstić information content (AvgIpc) is 2.73. The van der Waals surface area contributed by atoms with Crippen LogP contribution in [0.5, 0.6) is 5.75 Å². The van der Waals surface area contributed by atoms with Crippen molar-refractivity contribution in [3.63, 3.8) is 0 Å². The zero-order valence-electron chi connectivity index (χ0n) is 15.6. The van der Waals surface area contributed by atoms with Gasteiger partial charge in [0.1, 0.15) is 5.75 Å². The lowest BCUT2D eigenvalue weighted by atomic mass is 10.0. The van der Waals surface area contributed by atoms with Crippen molar-refractivity contribution in [1.82, 2.24) is 15.2 Å². The minimum absolute atomic E-state index is 0.0199. The number of carbonyl (C=O) groups is 2. The Hall–Kier alpha value is -2.89. The van der Waals surface area contributed by atoms with Gasteiger partial charge in [-0.15, -0.1) is 0 Å². The Balaban J connectivity index is 1.41. The minimum atomic E-state index is -0.0963. The Kier molecular flexibility index (Phi) is 6.41. The Bertz CT molecular complexity index is 754. The fraction of sp³-hybridized carbons (Fsp3) is 0.381. The highest BCUT2D eigenvalue weighted by molar-refractivity contribution is 5.94. The van der Waals surface area contributed by atoms with Crippen molar-refractivity contribution in [2.45, 2.75) is 32.2 Å². The van der Waals surface area contributed by atoms with E-state index in [0.717, 1.165) is 19.3 Å². The number of pyridine rings is 1. The van der Waals surface area contributed by atoms with Gasteiger partial charge in [0.05, 0.1) is 0 Å². The van der Waals surface area contributed by atoms with Crippen LogP contribution in [0.2, 0.25) is 0 Å². The Labute approximate surface area is 159 Å². The van der Waals surface area contributed by atoms with Crippen molar-refractivity contribution in [3.8, 4) is 5.75 Å². The van der Waals surface area contributed by atoms with Crippen LogP contribution < -0.4 is 10.1 Å². The van der Waals surface area contributed by atoms with Crippen LogP contribution in [-0.2, 0) is 11.2 Å². The summed E-state index contributed by atoms with van der Waals surface area (Å²) in [5, 5.41) is 3.03. The topological polar surface area (TPSA) is 71.5 Å². The standard InChI is InChI=1S/C21H25N3O3/c1-2-16-3-5-19(6-4-16)27-15-20(25)24-13-9-18(10-14-24)23-21(26)17-7-11-22-12-8-17/h3-8,11-12,18H,2,9-10,13-15H2,1H3,(H,23,26). The maximum absolute atomic E-state index is 12.4. The highest BCUT2D eigenvalue weighted by Crippen LogP contribution is 2.14. The molecule has 6 nitrogen and oxygen atoms in total. The summed E-state index contributed by atoms with van der Waals surface area (Å²) in [6.45, 7) is 3.39. The first-order valence-electron chi connectivity index (χ1n) is 9.36. The molecule has 2 aromatic rings. The summed E-state index contributed by atoms with van der Waals surface area (Å²) in [6, 6.07) is 11.3. The van der Waals surface area contributed by atoms with Crippen LogP contribution in [0.25, 0.3) is 0 Å². The molecule has 0 aliphatic carbocycles. The Morgan fingerprint density at radius 3 is 2.41 bits per heavy atom. The monoisotopic (exact) mass is 367 g/mol. The summed E-state index contributed by atoms with van der Waals surface area (Å²) in [4.78, 5) is 30.3. The number of aromatic nitrogens is 1. The lowest BCUT2D eigenvalue weighted by Crippen LogP contribution is -2.47. The third kappa shape index (κ3) is 5.29. The molecule has 1 aromatic carbocycles. The van der Waals surface area contributed by atoms with E-state index in [9.17, 15) is 9.59 Å². The van der Waals surface area contributed by atoms with Gasteiger partial charge >= 0.3 is 0 Å². The van der Waals surface area contributed by atoms with E-state index < -0.39 is 0 Å². The van der Waals surface area contributed by atoms with Crippen molar-refractivity contribution in [2.24, 2.45) is 0 Å². The second-order valence-corrected chi connectivity index (χ2v) is 6.65. The summed E-state index contributed by atoms with van der Waals surface area (Å²) in [6.07, 6.45) is 5.67. The number of amides is 2. The van der Waals surface area contributed by atoms with Crippen molar-refractivity contribution in [1.29, 1.82) is 0 Å². The van der Waals surface area contributed by atoms with E-state index in [1.807, 2.05) is 24.3 Å². The van der Waals surface area contributed by atoms with Crippen LogP contribution in [0.4, 0.5) is 0 Å². The molecule has 1 aliphatic heterocycles. The first-order valence-corrected chi connectivity index (χ1v) is 9.36. The van der Waals surface area contributed by atoms with E-state index in [4.69, 9.17) is 4.74 Å². The molecule has 1 aliphatic rings. The normalized spacial score (nSPS) is 14.6. The number of hydrogen-bond acceptors (Lipinski definition) is 4. The van der Waals surface area contributed by atoms with Gasteiger partial charge in [0, 0.05) is 37.1 Å². The van der Waals surface area contributed by atoms with Crippen molar-refractivity contribution in [3.05, 3.63) is 59.9 Å². The van der Waals surface area contributed by atoms with Gasteiger partial charge in [-0.3, -0.25) is 14.6 Å². The lowest BCUT2D eigenvalue weighted by molar-refractivity contribution is -0.134. The number of hydrogen-bond donors (Lipinski definition) is 1. The molecule has 0 saturated carbocycles. The molecule has 27 heavy (non-hydrogen) atoms. The number of aryl methyl sites for hydroxylation is 1. The van der Waals surface area contributed by atoms with E-state index in [1.54, 1.807) is 29.4 Å². The predicted octanol–water partition coefficient (Wildman–Crippen LogP) is 2.44. The number of carbonyl (C=O) groups excluding carboxylic acids is 2. The van der Waals surface area contributed by atoms with Crippen molar-refractivity contribution >= 4 is 11.8 Å². The highest BCUT2D eigenvalue weighted by atomic mass is 16.5. The molecule has 0 bridgehead atoms. The van der Waals surface area contributed by atoms with E-state index >= 15 is 0 Å². The number of nitrogens with zero attached hydrogens (tertiary/aromatic N) is 2. The number of ether oxygens (including phenoxy) is 1. The molecule has 1 fully saturated rings. The van der Waals surface area contributed by atoms with Gasteiger partial charge in [0.15, 0.2) is 6.61 Å². The molecule has 1 N–H and O–H groups in total. The number of benzene rings is 1. The summed E-state index contributed by atoms with van der Waals surface area (Å²) in [5.74, 6) is 0.592. The lowest BCUT2D eigenvalue weighted by Gasteiger charge is -2.32. The number of nitrogens with one attached hydrogen (secondary N) is 1. The molecular weight excluding hydrogens is 342 g/mol. The molecule has 2 heterocycles. The zero-order chi connectivity index (χ0) is 19.1. The molecule has 0 spiro atoms. The second kappa shape index (κ2) is 9.16. The molecule has 6 heteroatoms. The second-order valence-electron chi connectivity index (χ2n) is 6.65. The van der Waals surface area contributed by atoms with Crippen LogP contribution in [0.1, 0.15) is 35.7 Å². The van der Waals surface area contributed by atoms with Crippen molar-refractivity contribution < 1.29 is 14.3 Å². The smallest absolute Gasteiger partial charge is 0.260 e. The Morgan fingerprint density at radius 1 is 1.11 bits per heavy atom. The predicted molar refractivity (Wildman–Crippen MR) is 103 cm³/mol. The van der Waals surface area contributed by atoms with E-state index in [2.05, 4.69) is 17.2 Å². The molecule has 0 unspecified atom stereocenters. The first kappa shape index (κ1) is 18.9. The largest absolute Gasteiger partial charge is 0.484 e. The fourth-order valence-electron chi connectivity index (χ4n) is 3.10.